The first-order valence-electron chi connectivity index (χ1n) is 4.24. The van der Waals surface area contributed by atoms with Crippen molar-refractivity contribution in [3.63, 3.8) is 0 Å². The van der Waals surface area contributed by atoms with E-state index in [9.17, 15) is 0 Å². The van der Waals surface area contributed by atoms with Crippen molar-refractivity contribution in [3.05, 3.63) is 33.8 Å². The monoisotopic (exact) mass is 253 g/mol. The summed E-state index contributed by atoms with van der Waals surface area (Å²) in [5.74, 6) is 0. The van der Waals surface area contributed by atoms with Crippen molar-refractivity contribution in [1.82, 2.24) is 0 Å². The molecule has 0 unspecified atom stereocenters. The van der Waals surface area contributed by atoms with Gasteiger partial charge in [-0.25, -0.2) is 0 Å². The van der Waals surface area contributed by atoms with Gasteiger partial charge in [0.25, 0.3) is 0 Å². The maximum atomic E-state index is 8.68. The van der Waals surface area contributed by atoms with Gasteiger partial charge in [0.05, 0.1) is 24.8 Å². The number of benzene rings is 1. The lowest BCUT2D eigenvalue weighted by molar-refractivity contribution is -0.0446. The summed E-state index contributed by atoms with van der Waals surface area (Å²) >= 11 is 3.39. The van der Waals surface area contributed by atoms with Gasteiger partial charge in [0.15, 0.2) is 6.29 Å². The molecule has 4 heteroatoms. The largest absolute Gasteiger partial charge is 0.346 e. The Morgan fingerprint density at radius 1 is 1.36 bits per heavy atom. The van der Waals surface area contributed by atoms with Gasteiger partial charge in [-0.1, -0.05) is 22.0 Å². The molecule has 0 radical (unpaired) electrons. The minimum atomic E-state index is -0.294. The molecule has 0 N–H and O–H groups in total. The van der Waals surface area contributed by atoms with E-state index in [0.717, 1.165) is 10.0 Å². The lowest BCUT2D eigenvalue weighted by Crippen LogP contribution is -1.99. The number of halogens is 1. The second-order valence-electron chi connectivity index (χ2n) is 2.92. The zero-order valence-electron chi connectivity index (χ0n) is 7.37. The fourth-order valence-electron chi connectivity index (χ4n) is 1.33. The summed E-state index contributed by atoms with van der Waals surface area (Å²) < 4.78 is 11.6. The summed E-state index contributed by atoms with van der Waals surface area (Å²) in [5, 5.41) is 8.68. The van der Waals surface area contributed by atoms with Crippen LogP contribution in [0.5, 0.6) is 0 Å². The summed E-state index contributed by atoms with van der Waals surface area (Å²) in [5.41, 5.74) is 1.56. The van der Waals surface area contributed by atoms with E-state index >= 15 is 0 Å². The third-order valence-corrected chi connectivity index (χ3v) is 2.69. The van der Waals surface area contributed by atoms with E-state index in [2.05, 4.69) is 22.0 Å². The van der Waals surface area contributed by atoms with Gasteiger partial charge in [0.1, 0.15) is 0 Å². The van der Waals surface area contributed by atoms with Gasteiger partial charge < -0.3 is 9.47 Å². The molecule has 0 spiro atoms. The second kappa shape index (κ2) is 4.09. The SMILES string of the molecule is N#Cc1ccc(C2OCCO2)c(Br)c1. The topological polar surface area (TPSA) is 42.2 Å². The molecule has 2 rings (SSSR count). The lowest BCUT2D eigenvalue weighted by Gasteiger charge is -2.10. The molecule has 1 saturated heterocycles. The Hall–Kier alpha value is -0.890. The average molecular weight is 254 g/mol. The molecule has 1 aromatic rings. The van der Waals surface area contributed by atoms with Crippen LogP contribution in [0.3, 0.4) is 0 Å². The lowest BCUT2D eigenvalue weighted by atomic mass is 10.1. The van der Waals surface area contributed by atoms with Crippen LogP contribution < -0.4 is 0 Å². The number of rotatable bonds is 1. The molecule has 0 atom stereocenters. The van der Waals surface area contributed by atoms with Crippen LogP contribution in [-0.4, -0.2) is 13.2 Å². The van der Waals surface area contributed by atoms with Crippen molar-refractivity contribution in [3.8, 4) is 6.07 Å². The predicted molar refractivity (Wildman–Crippen MR) is 53.5 cm³/mol. The molecule has 0 bridgehead atoms. The van der Waals surface area contributed by atoms with Gasteiger partial charge in [0, 0.05) is 10.0 Å². The molecular formula is C10H8BrNO2. The van der Waals surface area contributed by atoms with E-state index in [1.54, 1.807) is 12.1 Å². The number of nitriles is 1. The maximum absolute atomic E-state index is 8.68. The maximum Gasteiger partial charge on any atom is 0.185 e. The Balaban J connectivity index is 2.30. The van der Waals surface area contributed by atoms with Crippen molar-refractivity contribution in [2.24, 2.45) is 0 Å². The molecule has 1 aromatic carbocycles. The van der Waals surface area contributed by atoms with E-state index < -0.39 is 0 Å². The van der Waals surface area contributed by atoms with Crippen molar-refractivity contribution in [1.29, 1.82) is 5.26 Å². The van der Waals surface area contributed by atoms with Gasteiger partial charge in [-0.3, -0.25) is 0 Å². The Kier molecular flexibility index (Phi) is 2.82. The Morgan fingerprint density at radius 3 is 2.64 bits per heavy atom. The first-order chi connectivity index (χ1) is 6.81. The van der Waals surface area contributed by atoms with E-state index in [-0.39, 0.29) is 6.29 Å². The standard InChI is InChI=1S/C10H8BrNO2/c11-9-5-7(6-12)1-2-8(9)10-13-3-4-14-10/h1-2,5,10H,3-4H2. The van der Waals surface area contributed by atoms with E-state index in [1.807, 2.05) is 6.07 Å². The second-order valence-corrected chi connectivity index (χ2v) is 3.78. The molecule has 1 aliphatic heterocycles. The van der Waals surface area contributed by atoms with Crippen LogP contribution in [0.2, 0.25) is 0 Å². The first-order valence-corrected chi connectivity index (χ1v) is 5.03. The minimum absolute atomic E-state index is 0.294. The van der Waals surface area contributed by atoms with E-state index in [1.165, 1.54) is 0 Å². The molecule has 1 aliphatic rings. The summed E-state index contributed by atoms with van der Waals surface area (Å²) in [7, 11) is 0. The van der Waals surface area contributed by atoms with Gasteiger partial charge in [-0.15, -0.1) is 0 Å². The number of hydrogen-bond donors (Lipinski definition) is 0. The summed E-state index contributed by atoms with van der Waals surface area (Å²) in [4.78, 5) is 0. The normalized spacial score (nSPS) is 16.9. The molecule has 1 heterocycles. The van der Waals surface area contributed by atoms with Crippen molar-refractivity contribution >= 4 is 15.9 Å². The van der Waals surface area contributed by atoms with Crippen LogP contribution in [0.1, 0.15) is 17.4 Å². The van der Waals surface area contributed by atoms with Crippen LogP contribution in [-0.2, 0) is 9.47 Å². The van der Waals surface area contributed by atoms with Crippen molar-refractivity contribution in [2.45, 2.75) is 6.29 Å². The molecule has 72 valence electrons. The fourth-order valence-corrected chi connectivity index (χ4v) is 1.89. The molecule has 14 heavy (non-hydrogen) atoms. The average Bonchev–Trinajstić information content (AvgIpc) is 2.70. The summed E-state index contributed by atoms with van der Waals surface area (Å²) in [6, 6.07) is 7.44. The van der Waals surface area contributed by atoms with Gasteiger partial charge in [0.2, 0.25) is 0 Å². The Labute approximate surface area is 90.4 Å². The third-order valence-electron chi connectivity index (χ3n) is 2.01. The molecular weight excluding hydrogens is 246 g/mol. The Bertz CT molecular complexity index is 380. The third kappa shape index (κ3) is 1.80. The van der Waals surface area contributed by atoms with E-state index in [4.69, 9.17) is 14.7 Å². The fraction of sp³-hybridized carbons (Fsp3) is 0.300. The molecule has 1 fully saturated rings. The van der Waals surface area contributed by atoms with Gasteiger partial charge in [-0.05, 0) is 12.1 Å². The highest BCUT2D eigenvalue weighted by Crippen LogP contribution is 2.30. The molecule has 0 aromatic heterocycles. The zero-order chi connectivity index (χ0) is 9.97. The van der Waals surface area contributed by atoms with Gasteiger partial charge in [-0.2, -0.15) is 5.26 Å². The quantitative estimate of drug-likeness (QED) is 0.772. The number of nitrogens with zero attached hydrogens (tertiary/aromatic N) is 1. The van der Waals surface area contributed by atoms with Crippen LogP contribution >= 0.6 is 15.9 Å². The highest BCUT2D eigenvalue weighted by atomic mass is 79.9. The first kappa shape index (κ1) is 9.66. The molecule has 3 nitrogen and oxygen atoms in total. The van der Waals surface area contributed by atoms with Crippen LogP contribution in [0, 0.1) is 11.3 Å². The highest BCUT2D eigenvalue weighted by molar-refractivity contribution is 9.10. The summed E-state index contributed by atoms with van der Waals surface area (Å²) in [6.45, 7) is 1.24. The molecule has 0 saturated carbocycles. The van der Waals surface area contributed by atoms with Crippen LogP contribution in [0.25, 0.3) is 0 Å². The minimum Gasteiger partial charge on any atom is -0.346 e. The number of ether oxygens (including phenoxy) is 2. The number of hydrogen-bond acceptors (Lipinski definition) is 3. The zero-order valence-corrected chi connectivity index (χ0v) is 8.95. The van der Waals surface area contributed by atoms with Crippen molar-refractivity contribution in [2.75, 3.05) is 13.2 Å². The summed E-state index contributed by atoms with van der Waals surface area (Å²) in [6.07, 6.45) is -0.294. The van der Waals surface area contributed by atoms with Gasteiger partial charge >= 0.3 is 0 Å². The smallest absolute Gasteiger partial charge is 0.185 e. The highest BCUT2D eigenvalue weighted by Gasteiger charge is 2.20. The van der Waals surface area contributed by atoms with Crippen LogP contribution in [0.4, 0.5) is 0 Å². The Morgan fingerprint density at radius 2 is 2.07 bits per heavy atom. The van der Waals surface area contributed by atoms with Crippen molar-refractivity contribution < 1.29 is 9.47 Å². The predicted octanol–water partition coefficient (Wildman–Crippen LogP) is 2.37. The van der Waals surface area contributed by atoms with Crippen LogP contribution in [0.15, 0.2) is 22.7 Å². The molecule has 0 aliphatic carbocycles. The van der Waals surface area contributed by atoms with E-state index in [0.29, 0.717) is 18.8 Å². The molecule has 0 amide bonds.